The van der Waals surface area contributed by atoms with E-state index in [4.69, 9.17) is 0 Å². The summed E-state index contributed by atoms with van der Waals surface area (Å²) < 4.78 is 0. The van der Waals surface area contributed by atoms with Gasteiger partial charge in [-0.15, -0.1) is 0 Å². The number of rotatable bonds is 19. The zero-order chi connectivity index (χ0) is 42.7. The molecule has 0 saturated heterocycles. The van der Waals surface area contributed by atoms with Crippen LogP contribution in [-0.2, 0) is 51.2 Å². The van der Waals surface area contributed by atoms with Gasteiger partial charge in [-0.1, -0.05) is 98.8 Å². The average molecular weight is 803 g/mol. The normalized spacial score (nSPS) is 19.0. The molecule has 0 radical (unpaired) electrons. The van der Waals surface area contributed by atoms with Gasteiger partial charge in [0.25, 0.3) is 0 Å². The molecule has 6 rings (SSSR count). The van der Waals surface area contributed by atoms with Gasteiger partial charge < -0.3 is 15.7 Å². The highest BCUT2D eigenvalue weighted by Gasteiger charge is 2.48. The maximum atomic E-state index is 13.0. The van der Waals surface area contributed by atoms with Gasteiger partial charge in [0, 0.05) is 59.5 Å². The summed E-state index contributed by atoms with van der Waals surface area (Å²) in [5.41, 5.74) is 1.89. The first kappa shape index (κ1) is 44.4. The smallest absolute Gasteiger partial charge is 0.248 e. The Labute approximate surface area is 345 Å². The van der Waals surface area contributed by atoms with Gasteiger partial charge in [-0.3, -0.25) is 38.4 Å². The number of hydrogen-bond donors (Lipinski definition) is 3. The van der Waals surface area contributed by atoms with Crippen molar-refractivity contribution in [1.29, 1.82) is 0 Å². The molecule has 2 aromatic rings. The molecule has 4 aliphatic carbocycles. The van der Waals surface area contributed by atoms with Crippen molar-refractivity contribution in [3.05, 3.63) is 119 Å². The van der Waals surface area contributed by atoms with Crippen LogP contribution in [0.25, 0.3) is 0 Å². The van der Waals surface area contributed by atoms with Gasteiger partial charge >= 0.3 is 0 Å². The molecule has 0 spiro atoms. The zero-order valence-electron chi connectivity index (χ0n) is 34.0. The molecular weight excluding hydrogens is 749 g/mol. The Morgan fingerprint density at radius 2 is 1.03 bits per heavy atom. The van der Waals surface area contributed by atoms with E-state index in [9.17, 15) is 43.5 Å². The third-order valence-electron chi connectivity index (χ3n) is 11.7. The van der Waals surface area contributed by atoms with Crippen LogP contribution in [0, 0.1) is 22.7 Å². The summed E-state index contributed by atoms with van der Waals surface area (Å²) >= 11 is 0. The first-order chi connectivity index (χ1) is 28.1. The Morgan fingerprint density at radius 3 is 1.42 bits per heavy atom. The lowest BCUT2D eigenvalue weighted by atomic mass is 9.83. The number of carbonyl (C=O) groups excluding carboxylic acids is 8. The summed E-state index contributed by atoms with van der Waals surface area (Å²) in [6.45, 7) is 4.95. The lowest BCUT2D eigenvalue weighted by Crippen LogP contribution is -2.45. The van der Waals surface area contributed by atoms with Gasteiger partial charge in [0.1, 0.15) is 17.6 Å². The Kier molecular flexibility index (Phi) is 14.9. The molecule has 310 valence electrons. The lowest BCUT2D eigenvalue weighted by Gasteiger charge is -2.22. The van der Waals surface area contributed by atoms with E-state index in [1.807, 2.05) is 74.5 Å². The van der Waals surface area contributed by atoms with Gasteiger partial charge in [-0.2, -0.15) is 0 Å². The summed E-state index contributed by atoms with van der Waals surface area (Å²) in [7, 11) is 0. The SMILES string of the molecule is CC1(C(=O)[C@@H](CC(=O)[C@H](CO)NC(=O)C2=CC=CC(=O)C2)Cc2ccccc2)CC1.C[C@H](NC(=O)C1=CC=CC(=O)C1)C(=O)C[C@@H](Cc1ccccc1)C(=O)C1(C)CC1. The summed E-state index contributed by atoms with van der Waals surface area (Å²) in [6, 6.07) is 17.4. The van der Waals surface area contributed by atoms with Gasteiger partial charge in [0.2, 0.25) is 11.8 Å². The molecule has 2 aromatic carbocycles. The minimum Gasteiger partial charge on any atom is -0.394 e. The van der Waals surface area contributed by atoms with Crippen molar-refractivity contribution in [3.63, 3.8) is 0 Å². The van der Waals surface area contributed by atoms with Crippen LogP contribution in [-0.4, -0.2) is 70.3 Å². The van der Waals surface area contributed by atoms with Crippen LogP contribution in [0.5, 0.6) is 0 Å². The molecule has 11 heteroatoms. The molecule has 0 aromatic heterocycles. The number of amides is 2. The van der Waals surface area contributed by atoms with Crippen molar-refractivity contribution in [2.75, 3.05) is 6.61 Å². The predicted octanol–water partition coefficient (Wildman–Crippen LogP) is 5.24. The zero-order valence-corrected chi connectivity index (χ0v) is 34.0. The molecule has 4 atom stereocenters. The van der Waals surface area contributed by atoms with Crippen LogP contribution in [0.4, 0.5) is 0 Å². The molecule has 11 nitrogen and oxygen atoms in total. The number of benzene rings is 2. The van der Waals surface area contributed by atoms with E-state index in [0.717, 1.165) is 36.8 Å². The Morgan fingerprint density at radius 1 is 0.627 bits per heavy atom. The third-order valence-corrected chi connectivity index (χ3v) is 11.7. The number of aliphatic hydroxyl groups excluding tert-OH is 1. The number of carbonyl (C=O) groups is 8. The summed E-state index contributed by atoms with van der Waals surface area (Å²) in [6.07, 6.45) is 13.3. The number of Topliss-reactive ketones (excluding diaryl/α,β-unsaturated/α-hetero) is 4. The van der Waals surface area contributed by atoms with Crippen LogP contribution in [0.15, 0.2) is 108 Å². The molecule has 2 fully saturated rings. The highest BCUT2D eigenvalue weighted by Crippen LogP contribution is 2.49. The molecule has 59 heavy (non-hydrogen) atoms. The largest absolute Gasteiger partial charge is 0.394 e. The highest BCUT2D eigenvalue weighted by atomic mass is 16.3. The Balaban J connectivity index is 0.000000224. The van der Waals surface area contributed by atoms with E-state index in [1.165, 1.54) is 30.4 Å². The minimum absolute atomic E-state index is 0.0384. The van der Waals surface area contributed by atoms with Crippen LogP contribution in [0.2, 0.25) is 0 Å². The lowest BCUT2D eigenvalue weighted by molar-refractivity contribution is -0.133. The minimum atomic E-state index is -1.11. The molecule has 2 amide bonds. The Bertz CT molecular complexity index is 2070. The maximum absolute atomic E-state index is 13.0. The predicted molar refractivity (Wildman–Crippen MR) is 222 cm³/mol. The van der Waals surface area contributed by atoms with E-state index < -0.39 is 42.3 Å². The van der Waals surface area contributed by atoms with Crippen molar-refractivity contribution in [1.82, 2.24) is 10.6 Å². The van der Waals surface area contributed by atoms with Crippen molar-refractivity contribution in [2.24, 2.45) is 22.7 Å². The molecule has 0 aliphatic heterocycles. The number of aliphatic hydroxyl groups is 1. The Hall–Kier alpha value is -5.68. The average Bonchev–Trinajstić information content (AvgIpc) is 4.17. The first-order valence-corrected chi connectivity index (χ1v) is 20.4. The summed E-state index contributed by atoms with van der Waals surface area (Å²) in [5, 5.41) is 14.9. The molecule has 0 bridgehead atoms. The second kappa shape index (κ2) is 19.8. The quantitative estimate of drug-likeness (QED) is 0.171. The number of hydrogen-bond acceptors (Lipinski definition) is 9. The topological polar surface area (TPSA) is 181 Å². The third kappa shape index (κ3) is 12.7. The van der Waals surface area contributed by atoms with Gasteiger partial charge in [0.15, 0.2) is 23.1 Å². The van der Waals surface area contributed by atoms with Gasteiger partial charge in [0.05, 0.1) is 12.6 Å². The number of allylic oxidation sites excluding steroid dienone is 6. The van der Waals surface area contributed by atoms with Crippen LogP contribution < -0.4 is 10.6 Å². The fraction of sp³-hybridized carbons (Fsp3) is 0.417. The summed E-state index contributed by atoms with van der Waals surface area (Å²) in [4.78, 5) is 99.5. The van der Waals surface area contributed by atoms with E-state index >= 15 is 0 Å². The standard InChI is InChI=1S/C24H27NO5.C24H27NO4/c1-24(10-11-24)22(29)18(12-16-6-3-2-4-7-16)14-21(28)20(15-26)25-23(30)17-8-5-9-19(27)13-17;1-16(25-23(29)18-9-6-10-20(26)14-18)21(27)15-19(22(28)24(2)11-12-24)13-17-7-4-3-5-8-17/h2-9,18,20,26H,10-15H2,1H3,(H,25,30);3-10,16,19H,11-15H2,1-2H3,(H,25,29)/t18-,20+;16-,19+/m10/s1. The van der Waals surface area contributed by atoms with Gasteiger partial charge in [-0.05, 0) is 68.7 Å². The fourth-order valence-corrected chi connectivity index (χ4v) is 7.29. The summed E-state index contributed by atoms with van der Waals surface area (Å²) in [5.74, 6) is -2.55. The van der Waals surface area contributed by atoms with E-state index in [1.54, 1.807) is 13.0 Å². The second-order valence-electron chi connectivity index (χ2n) is 16.8. The molecule has 2 saturated carbocycles. The van der Waals surface area contributed by atoms with E-state index in [0.29, 0.717) is 18.4 Å². The van der Waals surface area contributed by atoms with Crippen LogP contribution >= 0.6 is 0 Å². The second-order valence-corrected chi connectivity index (χ2v) is 16.8. The van der Waals surface area contributed by atoms with Crippen molar-refractivity contribution in [3.8, 4) is 0 Å². The van der Waals surface area contributed by atoms with Gasteiger partial charge in [-0.25, -0.2) is 0 Å². The van der Waals surface area contributed by atoms with Crippen LogP contribution in [0.3, 0.4) is 0 Å². The fourth-order valence-electron chi connectivity index (χ4n) is 7.29. The molecule has 4 aliphatic rings. The van der Waals surface area contributed by atoms with E-state index in [2.05, 4.69) is 10.6 Å². The number of nitrogens with one attached hydrogen (secondary N) is 2. The van der Waals surface area contributed by atoms with Crippen molar-refractivity contribution < 1.29 is 43.5 Å². The highest BCUT2D eigenvalue weighted by molar-refractivity contribution is 6.06. The molecular formula is C48H54N2O9. The van der Waals surface area contributed by atoms with E-state index in [-0.39, 0.29) is 76.8 Å². The molecule has 0 unspecified atom stereocenters. The first-order valence-electron chi connectivity index (χ1n) is 20.4. The van der Waals surface area contributed by atoms with Crippen molar-refractivity contribution in [2.45, 2.75) is 97.1 Å². The maximum Gasteiger partial charge on any atom is 0.248 e. The number of ketones is 6. The molecule has 3 N–H and O–H groups in total. The monoisotopic (exact) mass is 802 g/mol. The van der Waals surface area contributed by atoms with Crippen molar-refractivity contribution >= 4 is 46.5 Å². The molecule has 0 heterocycles. The van der Waals surface area contributed by atoms with Crippen LogP contribution in [0.1, 0.15) is 83.3 Å².